The van der Waals surface area contributed by atoms with Crippen LogP contribution in [0.2, 0.25) is 0 Å². The summed E-state index contributed by atoms with van der Waals surface area (Å²) in [7, 11) is 0. The zero-order chi connectivity index (χ0) is 15.3. The van der Waals surface area contributed by atoms with Crippen LogP contribution in [0.25, 0.3) is 0 Å². The summed E-state index contributed by atoms with van der Waals surface area (Å²) in [6, 6.07) is 3.48. The lowest BCUT2D eigenvalue weighted by Crippen LogP contribution is -2.36. The number of nitrogens with one attached hydrogen (secondary N) is 2. The number of hydrogen-bond donors (Lipinski definition) is 3. The topological polar surface area (TPSA) is 84.2 Å². The summed E-state index contributed by atoms with van der Waals surface area (Å²) in [6.45, 7) is 0.637. The molecular formula is C12H15ClF3N3O2. The van der Waals surface area contributed by atoms with Crippen LogP contribution in [0.5, 0.6) is 0 Å². The molecule has 0 aromatic heterocycles. The van der Waals surface area contributed by atoms with Gasteiger partial charge in [-0.3, -0.25) is 9.59 Å². The Bertz CT molecular complexity index is 521. The second kappa shape index (κ2) is 7.84. The zero-order valence-electron chi connectivity index (χ0n) is 11.1. The predicted octanol–water partition coefficient (Wildman–Crippen LogP) is 1.45. The number of alkyl halides is 3. The summed E-state index contributed by atoms with van der Waals surface area (Å²) in [5, 5.41) is 4.53. The van der Waals surface area contributed by atoms with Crippen LogP contribution in [0.15, 0.2) is 18.2 Å². The Morgan fingerprint density at radius 1 is 1.24 bits per heavy atom. The summed E-state index contributed by atoms with van der Waals surface area (Å²) in [6.07, 6.45) is -4.49. The van der Waals surface area contributed by atoms with E-state index in [1.807, 2.05) is 0 Å². The van der Waals surface area contributed by atoms with Gasteiger partial charge >= 0.3 is 6.18 Å². The molecule has 0 bridgehead atoms. The lowest BCUT2D eigenvalue weighted by atomic mass is 10.1. The first kappa shape index (κ1) is 19.2. The zero-order valence-corrected chi connectivity index (χ0v) is 11.9. The van der Waals surface area contributed by atoms with E-state index >= 15 is 0 Å². The molecule has 0 heterocycles. The summed E-state index contributed by atoms with van der Waals surface area (Å²) >= 11 is 0. The predicted molar refractivity (Wildman–Crippen MR) is 74.1 cm³/mol. The largest absolute Gasteiger partial charge is 0.416 e. The second-order valence-electron chi connectivity index (χ2n) is 4.00. The van der Waals surface area contributed by atoms with E-state index in [1.54, 1.807) is 0 Å². The van der Waals surface area contributed by atoms with Gasteiger partial charge in [0.1, 0.15) is 0 Å². The first-order valence-electron chi connectivity index (χ1n) is 5.69. The number of hydrogen-bond acceptors (Lipinski definition) is 3. The van der Waals surface area contributed by atoms with Gasteiger partial charge in [0.15, 0.2) is 0 Å². The molecule has 0 aliphatic carbocycles. The minimum Gasteiger partial charge on any atom is -0.346 e. The fraction of sp³-hybridized carbons (Fsp3) is 0.333. The van der Waals surface area contributed by atoms with Crippen molar-refractivity contribution in [3.63, 3.8) is 0 Å². The fourth-order valence-corrected chi connectivity index (χ4v) is 1.52. The van der Waals surface area contributed by atoms with Gasteiger partial charge in [0, 0.05) is 5.69 Å². The molecule has 21 heavy (non-hydrogen) atoms. The van der Waals surface area contributed by atoms with Gasteiger partial charge in [-0.1, -0.05) is 6.07 Å². The van der Waals surface area contributed by atoms with Gasteiger partial charge in [-0.05, 0) is 24.6 Å². The number of anilines is 1. The van der Waals surface area contributed by atoms with Crippen LogP contribution >= 0.6 is 12.4 Å². The monoisotopic (exact) mass is 325 g/mol. The molecule has 2 amide bonds. The van der Waals surface area contributed by atoms with Gasteiger partial charge < -0.3 is 16.4 Å². The third-order valence-electron chi connectivity index (χ3n) is 2.54. The van der Waals surface area contributed by atoms with Crippen LogP contribution < -0.4 is 16.4 Å². The average Bonchev–Trinajstić information content (AvgIpc) is 2.37. The highest BCUT2D eigenvalue weighted by Crippen LogP contribution is 2.34. The smallest absolute Gasteiger partial charge is 0.346 e. The quantitative estimate of drug-likeness (QED) is 0.783. The lowest BCUT2D eigenvalue weighted by Gasteiger charge is -2.14. The average molecular weight is 326 g/mol. The summed E-state index contributed by atoms with van der Waals surface area (Å²) in [5.41, 5.74) is 4.18. The van der Waals surface area contributed by atoms with E-state index in [9.17, 15) is 22.8 Å². The second-order valence-corrected chi connectivity index (χ2v) is 4.00. The Morgan fingerprint density at radius 3 is 2.38 bits per heavy atom. The van der Waals surface area contributed by atoms with Gasteiger partial charge in [-0.15, -0.1) is 12.4 Å². The van der Waals surface area contributed by atoms with E-state index in [1.165, 1.54) is 19.1 Å². The first-order valence-corrected chi connectivity index (χ1v) is 5.69. The van der Waals surface area contributed by atoms with E-state index in [4.69, 9.17) is 5.73 Å². The summed E-state index contributed by atoms with van der Waals surface area (Å²) in [5.74, 6) is -1.16. The molecule has 118 valence electrons. The molecule has 0 radical (unpaired) electrons. The van der Waals surface area contributed by atoms with Gasteiger partial charge in [0.25, 0.3) is 0 Å². The van der Waals surface area contributed by atoms with E-state index in [2.05, 4.69) is 10.6 Å². The fourth-order valence-electron chi connectivity index (χ4n) is 1.52. The summed E-state index contributed by atoms with van der Waals surface area (Å²) < 4.78 is 38.0. The van der Waals surface area contributed by atoms with E-state index < -0.39 is 23.6 Å². The number of nitrogens with two attached hydrogens (primary N) is 1. The van der Waals surface area contributed by atoms with Crippen molar-refractivity contribution in [2.24, 2.45) is 5.73 Å². The molecule has 4 N–H and O–H groups in total. The molecule has 1 rings (SSSR count). The minimum atomic E-state index is -4.49. The van der Waals surface area contributed by atoms with Crippen LogP contribution in [0.1, 0.15) is 11.1 Å². The van der Waals surface area contributed by atoms with Crippen LogP contribution in [-0.4, -0.2) is 24.9 Å². The Balaban J connectivity index is 0.00000400. The molecule has 0 unspecified atom stereocenters. The Kier molecular flexibility index (Phi) is 7.17. The molecule has 0 aliphatic rings. The Morgan fingerprint density at radius 2 is 1.86 bits per heavy atom. The van der Waals surface area contributed by atoms with Gasteiger partial charge in [-0.25, -0.2) is 0 Å². The van der Waals surface area contributed by atoms with Crippen LogP contribution in [0.3, 0.4) is 0 Å². The van der Waals surface area contributed by atoms with Crippen LogP contribution in [0, 0.1) is 6.92 Å². The maximum atomic E-state index is 12.7. The van der Waals surface area contributed by atoms with Crippen molar-refractivity contribution in [2.75, 3.05) is 18.4 Å². The van der Waals surface area contributed by atoms with Crippen molar-refractivity contribution in [1.82, 2.24) is 5.32 Å². The number of benzene rings is 1. The molecule has 1 aromatic rings. The van der Waals surface area contributed by atoms with E-state index in [-0.39, 0.29) is 36.7 Å². The van der Waals surface area contributed by atoms with Gasteiger partial charge in [0.2, 0.25) is 11.8 Å². The maximum absolute atomic E-state index is 12.7. The van der Waals surface area contributed by atoms with Crippen LogP contribution in [0.4, 0.5) is 18.9 Å². The number of carbonyl (C=O) groups is 2. The Hall–Kier alpha value is -1.80. The number of amides is 2. The third kappa shape index (κ3) is 5.60. The number of rotatable bonds is 4. The van der Waals surface area contributed by atoms with Crippen molar-refractivity contribution in [1.29, 1.82) is 0 Å². The van der Waals surface area contributed by atoms with Crippen molar-refractivity contribution in [3.05, 3.63) is 29.3 Å². The number of carbonyl (C=O) groups excluding carboxylic acids is 2. The normalized spacial score (nSPS) is 10.5. The molecule has 5 nitrogen and oxygen atoms in total. The van der Waals surface area contributed by atoms with Crippen molar-refractivity contribution >= 4 is 29.9 Å². The first-order chi connectivity index (χ1) is 9.25. The standard InChI is InChI=1S/C12H14F3N3O2.ClH/c1-7-8(12(13,14)15)3-2-4-9(7)18-11(20)6-17-10(19)5-16;/h2-4H,5-6,16H2,1H3,(H,17,19)(H,18,20);1H. The van der Waals surface area contributed by atoms with Crippen molar-refractivity contribution in [2.45, 2.75) is 13.1 Å². The minimum absolute atomic E-state index is 0. The lowest BCUT2D eigenvalue weighted by molar-refractivity contribution is -0.138. The molecule has 9 heteroatoms. The molecule has 0 saturated heterocycles. The highest BCUT2D eigenvalue weighted by atomic mass is 35.5. The molecule has 0 atom stereocenters. The van der Waals surface area contributed by atoms with E-state index in [0.717, 1.165) is 6.07 Å². The van der Waals surface area contributed by atoms with E-state index in [0.29, 0.717) is 0 Å². The highest BCUT2D eigenvalue weighted by Gasteiger charge is 2.32. The number of halogens is 4. The Labute approximate surface area is 125 Å². The molecule has 1 aromatic carbocycles. The SMILES string of the molecule is Cc1c(NC(=O)CNC(=O)CN)cccc1C(F)(F)F.Cl. The van der Waals surface area contributed by atoms with Gasteiger partial charge in [0.05, 0.1) is 18.7 Å². The molecule has 0 fully saturated rings. The van der Waals surface area contributed by atoms with Gasteiger partial charge in [-0.2, -0.15) is 13.2 Å². The molecule has 0 spiro atoms. The molecule has 0 saturated carbocycles. The third-order valence-corrected chi connectivity index (χ3v) is 2.54. The maximum Gasteiger partial charge on any atom is 0.416 e. The van der Waals surface area contributed by atoms with Crippen LogP contribution in [-0.2, 0) is 15.8 Å². The molecular weight excluding hydrogens is 311 g/mol. The highest BCUT2D eigenvalue weighted by molar-refractivity contribution is 5.95. The molecule has 0 aliphatic heterocycles. The summed E-state index contributed by atoms with van der Waals surface area (Å²) in [4.78, 5) is 22.4. The van der Waals surface area contributed by atoms with Crippen molar-refractivity contribution < 1.29 is 22.8 Å². The van der Waals surface area contributed by atoms with Crippen molar-refractivity contribution in [3.8, 4) is 0 Å².